The average Bonchev–Trinajstić information content (AvgIpc) is 2.03. The Balaban J connectivity index is 2.09. The minimum atomic E-state index is -1.27. The van der Waals surface area contributed by atoms with Crippen LogP contribution in [0.1, 0.15) is 0 Å². The lowest BCUT2D eigenvalue weighted by Gasteiger charge is -2.20. The van der Waals surface area contributed by atoms with Crippen LogP contribution in [0.4, 0.5) is 4.79 Å². The van der Waals surface area contributed by atoms with Gasteiger partial charge in [0.1, 0.15) is 12.6 Å². The number of hydrogen-bond donors (Lipinski definition) is 2. The van der Waals surface area contributed by atoms with E-state index in [4.69, 9.17) is 4.74 Å². The van der Waals surface area contributed by atoms with Crippen molar-refractivity contribution >= 4 is 18.0 Å². The molecule has 0 aromatic carbocycles. The number of quaternary nitrogens is 1. The molecule has 1 unspecified atom stereocenters. The molecule has 3 N–H and O–H groups in total. The first-order valence-corrected chi connectivity index (χ1v) is 4.23. The van der Waals surface area contributed by atoms with Crippen molar-refractivity contribution in [3.8, 4) is 0 Å². The number of hydrogen-bond acceptors (Lipinski definition) is 4. The van der Waals surface area contributed by atoms with Crippen molar-refractivity contribution in [1.29, 1.82) is 0 Å². The van der Waals surface area contributed by atoms with Crippen molar-refractivity contribution in [3.05, 3.63) is 0 Å². The molecule has 11 heavy (non-hydrogen) atoms. The first kappa shape index (κ1) is 8.63. The van der Waals surface area contributed by atoms with E-state index in [2.05, 4.69) is 10.0 Å². The van der Waals surface area contributed by atoms with Gasteiger partial charge in [0.05, 0.1) is 13.2 Å². The summed E-state index contributed by atoms with van der Waals surface area (Å²) in [6, 6.07) is 0. The molecule has 0 aromatic heterocycles. The van der Waals surface area contributed by atoms with Crippen molar-refractivity contribution in [3.63, 3.8) is 0 Å². The minimum absolute atomic E-state index is 0.0818. The predicted octanol–water partition coefficient (Wildman–Crippen LogP) is -2.51. The van der Waals surface area contributed by atoms with E-state index in [9.17, 15) is 9.90 Å². The SMILES string of the molecule is O=C([O-])NSC1C[NH2+]CCO1. The van der Waals surface area contributed by atoms with E-state index in [0.29, 0.717) is 6.61 Å². The number of nitrogens with two attached hydrogens (primary N) is 1. The number of carboxylic acid groups (broad SMARTS) is 1. The number of nitrogens with one attached hydrogen (secondary N) is 1. The van der Waals surface area contributed by atoms with Crippen molar-refractivity contribution < 1.29 is 20.0 Å². The highest BCUT2D eigenvalue weighted by molar-refractivity contribution is 7.98. The van der Waals surface area contributed by atoms with E-state index < -0.39 is 6.09 Å². The van der Waals surface area contributed by atoms with Crippen molar-refractivity contribution in [2.24, 2.45) is 0 Å². The smallest absolute Gasteiger partial charge is 0.171 e. The summed E-state index contributed by atoms with van der Waals surface area (Å²) < 4.78 is 7.30. The first-order chi connectivity index (χ1) is 5.29. The van der Waals surface area contributed by atoms with Crippen LogP contribution in [0.2, 0.25) is 0 Å². The quantitative estimate of drug-likeness (QED) is 0.458. The van der Waals surface area contributed by atoms with Crippen LogP contribution in [-0.2, 0) is 4.74 Å². The fourth-order valence-corrected chi connectivity index (χ4v) is 1.43. The van der Waals surface area contributed by atoms with Gasteiger partial charge in [-0.2, -0.15) is 0 Å². The molecule has 1 saturated heterocycles. The molecule has 1 heterocycles. The summed E-state index contributed by atoms with van der Waals surface area (Å²) in [6.07, 6.45) is -1.27. The van der Waals surface area contributed by atoms with Gasteiger partial charge in [0, 0.05) is 0 Å². The number of carbonyl (C=O) groups excluding carboxylic acids is 1. The molecule has 1 fully saturated rings. The molecule has 64 valence electrons. The maximum Gasteiger partial charge on any atom is 0.171 e. The summed E-state index contributed by atoms with van der Waals surface area (Å²) >= 11 is 1.04. The standard InChI is InChI=1S/C5H10N2O3S/c8-5(9)7-11-4-3-6-1-2-10-4/h4,6-7H,1-3H2,(H,8,9). The van der Waals surface area contributed by atoms with Gasteiger partial charge in [-0.25, -0.2) is 0 Å². The summed E-state index contributed by atoms with van der Waals surface area (Å²) in [5, 5.41) is 12.0. The molecule has 1 aliphatic heterocycles. The third kappa shape index (κ3) is 3.45. The van der Waals surface area contributed by atoms with E-state index in [0.717, 1.165) is 25.0 Å². The van der Waals surface area contributed by atoms with E-state index in [-0.39, 0.29) is 5.44 Å². The van der Waals surface area contributed by atoms with Crippen LogP contribution in [-0.4, -0.2) is 31.2 Å². The molecule has 1 aliphatic rings. The topological polar surface area (TPSA) is 78.0 Å². The van der Waals surface area contributed by atoms with E-state index in [1.807, 2.05) is 0 Å². The highest BCUT2D eigenvalue weighted by atomic mass is 32.2. The Kier molecular flexibility index (Phi) is 3.47. The second-order valence-corrected chi connectivity index (χ2v) is 3.09. The van der Waals surface area contributed by atoms with Gasteiger partial charge in [0.2, 0.25) is 0 Å². The molecule has 0 aromatic rings. The lowest BCUT2D eigenvalue weighted by Crippen LogP contribution is -2.89. The fourth-order valence-electron chi connectivity index (χ4n) is 0.801. The van der Waals surface area contributed by atoms with Gasteiger partial charge >= 0.3 is 0 Å². The monoisotopic (exact) mass is 178 g/mol. The molecule has 1 amide bonds. The number of ether oxygens (including phenoxy) is 1. The van der Waals surface area contributed by atoms with Crippen LogP contribution in [0, 0.1) is 0 Å². The highest BCUT2D eigenvalue weighted by Gasteiger charge is 2.16. The molecular formula is C5H10N2O3S. The zero-order valence-electron chi connectivity index (χ0n) is 5.91. The highest BCUT2D eigenvalue weighted by Crippen LogP contribution is 2.06. The van der Waals surface area contributed by atoms with Gasteiger partial charge in [-0.15, -0.1) is 0 Å². The van der Waals surface area contributed by atoms with Crippen molar-refractivity contribution in [2.45, 2.75) is 5.44 Å². The molecule has 1 rings (SSSR count). The lowest BCUT2D eigenvalue weighted by molar-refractivity contribution is -0.672. The molecule has 0 spiro atoms. The molecule has 0 saturated carbocycles. The summed E-state index contributed by atoms with van der Waals surface area (Å²) in [4.78, 5) is 9.93. The van der Waals surface area contributed by atoms with Gasteiger partial charge in [0.25, 0.3) is 0 Å². The molecule has 0 bridgehead atoms. The number of rotatable bonds is 2. The Labute approximate surface area is 68.6 Å². The zero-order chi connectivity index (χ0) is 8.10. The van der Waals surface area contributed by atoms with Gasteiger partial charge < -0.3 is 24.7 Å². The van der Waals surface area contributed by atoms with E-state index in [1.165, 1.54) is 0 Å². The molecular weight excluding hydrogens is 168 g/mol. The Morgan fingerprint density at radius 3 is 3.18 bits per heavy atom. The predicted molar refractivity (Wildman–Crippen MR) is 37.5 cm³/mol. The minimum Gasteiger partial charge on any atom is -0.529 e. The molecule has 1 atom stereocenters. The van der Waals surface area contributed by atoms with Crippen molar-refractivity contribution in [1.82, 2.24) is 4.72 Å². The third-order valence-electron chi connectivity index (χ3n) is 1.26. The number of morpholine rings is 1. The molecule has 0 radical (unpaired) electrons. The fraction of sp³-hybridized carbons (Fsp3) is 0.800. The number of carbonyl (C=O) groups is 1. The number of amides is 1. The zero-order valence-corrected chi connectivity index (χ0v) is 6.73. The Morgan fingerprint density at radius 2 is 2.64 bits per heavy atom. The second-order valence-electron chi connectivity index (χ2n) is 2.12. The third-order valence-corrected chi connectivity index (χ3v) is 2.13. The Morgan fingerprint density at radius 1 is 1.82 bits per heavy atom. The molecule has 0 aliphatic carbocycles. The van der Waals surface area contributed by atoms with Gasteiger partial charge in [-0.05, 0) is 11.9 Å². The lowest BCUT2D eigenvalue weighted by atomic mass is 10.5. The second kappa shape index (κ2) is 4.42. The summed E-state index contributed by atoms with van der Waals surface area (Å²) in [6.45, 7) is 2.40. The summed E-state index contributed by atoms with van der Waals surface area (Å²) in [5.74, 6) is 0. The van der Waals surface area contributed by atoms with Crippen LogP contribution in [0.5, 0.6) is 0 Å². The van der Waals surface area contributed by atoms with Crippen molar-refractivity contribution in [2.75, 3.05) is 19.7 Å². The first-order valence-electron chi connectivity index (χ1n) is 3.35. The van der Waals surface area contributed by atoms with Crippen LogP contribution in [0.15, 0.2) is 0 Å². The maximum atomic E-state index is 9.93. The van der Waals surface area contributed by atoms with Crippen LogP contribution in [0.25, 0.3) is 0 Å². The van der Waals surface area contributed by atoms with Gasteiger partial charge in [0.15, 0.2) is 5.44 Å². The molecule has 6 heteroatoms. The summed E-state index contributed by atoms with van der Waals surface area (Å²) in [7, 11) is 0. The Hall–Kier alpha value is -0.460. The normalized spacial score (nSPS) is 24.5. The largest absolute Gasteiger partial charge is 0.529 e. The van der Waals surface area contributed by atoms with Crippen LogP contribution >= 0.6 is 11.9 Å². The van der Waals surface area contributed by atoms with Crippen LogP contribution in [0.3, 0.4) is 0 Å². The van der Waals surface area contributed by atoms with E-state index in [1.54, 1.807) is 0 Å². The van der Waals surface area contributed by atoms with Gasteiger partial charge in [-0.3, -0.25) is 0 Å². The van der Waals surface area contributed by atoms with Gasteiger partial charge in [-0.1, -0.05) is 0 Å². The van der Waals surface area contributed by atoms with E-state index >= 15 is 0 Å². The maximum absolute atomic E-state index is 9.93. The Bertz CT molecular complexity index is 138. The summed E-state index contributed by atoms with van der Waals surface area (Å²) in [5.41, 5.74) is -0.0818. The molecule has 5 nitrogen and oxygen atoms in total. The average molecular weight is 178 g/mol. The van der Waals surface area contributed by atoms with Crippen LogP contribution < -0.4 is 15.1 Å².